The number of benzene rings is 1. The van der Waals surface area contributed by atoms with Crippen molar-refractivity contribution in [3.63, 3.8) is 0 Å². The molecule has 0 saturated heterocycles. The summed E-state index contributed by atoms with van der Waals surface area (Å²) >= 11 is 0. The average Bonchev–Trinajstić information content (AvgIpc) is 2.29. The van der Waals surface area contributed by atoms with Crippen molar-refractivity contribution in [2.75, 3.05) is 7.11 Å². The van der Waals surface area contributed by atoms with Crippen LogP contribution in [0.1, 0.15) is 26.3 Å². The van der Waals surface area contributed by atoms with E-state index in [1.54, 1.807) is 32.9 Å². The van der Waals surface area contributed by atoms with E-state index in [0.29, 0.717) is 12.2 Å². The van der Waals surface area contributed by atoms with Gasteiger partial charge in [-0.2, -0.15) is 0 Å². The number of amides is 1. The van der Waals surface area contributed by atoms with E-state index < -0.39 is 17.8 Å². The highest BCUT2D eigenvalue weighted by atomic mass is 16.5. The zero-order valence-electron chi connectivity index (χ0n) is 12.3. The summed E-state index contributed by atoms with van der Waals surface area (Å²) in [5, 5.41) is 18.8. The van der Waals surface area contributed by atoms with Crippen LogP contribution < -0.4 is 10.5 Å². The molecule has 0 aliphatic heterocycles. The fourth-order valence-electron chi connectivity index (χ4n) is 2.11. The van der Waals surface area contributed by atoms with Crippen molar-refractivity contribution in [1.82, 2.24) is 4.90 Å². The Kier molecular flexibility index (Phi) is 4.83. The van der Waals surface area contributed by atoms with Crippen LogP contribution in [0.2, 0.25) is 0 Å². The van der Waals surface area contributed by atoms with Crippen molar-refractivity contribution < 1.29 is 19.7 Å². The lowest BCUT2D eigenvalue weighted by Crippen LogP contribution is -2.55. The molecule has 1 aromatic rings. The summed E-state index contributed by atoms with van der Waals surface area (Å²) in [6, 6.07) is 4.85. The molecule has 6 nitrogen and oxygen atoms in total. The third kappa shape index (κ3) is 3.77. The molecule has 0 saturated carbocycles. The molecule has 1 amide bonds. The van der Waals surface area contributed by atoms with Crippen LogP contribution in [0.4, 0.5) is 4.79 Å². The van der Waals surface area contributed by atoms with Crippen molar-refractivity contribution in [3.05, 3.63) is 23.8 Å². The van der Waals surface area contributed by atoms with Gasteiger partial charge in [0.15, 0.2) is 11.5 Å². The maximum atomic E-state index is 11.3. The maximum absolute atomic E-state index is 11.3. The Morgan fingerprint density at radius 3 is 2.50 bits per heavy atom. The standard InChI is InChI=1S/C14H22N2O4/c1-14(2,3)16(13(18)19)12(15)8-9-5-6-10(17)11(7-9)20-4/h5-7,12,17H,8,15H2,1-4H3,(H,18,19). The Labute approximate surface area is 118 Å². The molecule has 1 unspecified atom stereocenters. The van der Waals surface area contributed by atoms with Gasteiger partial charge in [0.2, 0.25) is 0 Å². The van der Waals surface area contributed by atoms with Crippen LogP contribution >= 0.6 is 0 Å². The lowest BCUT2D eigenvalue weighted by molar-refractivity contribution is 0.0719. The highest BCUT2D eigenvalue weighted by Gasteiger charge is 2.31. The summed E-state index contributed by atoms with van der Waals surface area (Å²) in [6.45, 7) is 5.37. The molecular formula is C14H22N2O4. The number of nitrogens with zero attached hydrogens (tertiary/aromatic N) is 1. The maximum Gasteiger partial charge on any atom is 0.408 e. The predicted octanol–water partition coefficient (Wildman–Crippen LogP) is 2.01. The van der Waals surface area contributed by atoms with Crippen LogP contribution in [0, 0.1) is 0 Å². The molecule has 1 rings (SSSR count). The number of nitrogens with two attached hydrogens (primary N) is 1. The Bertz CT molecular complexity index is 483. The Morgan fingerprint density at radius 1 is 1.45 bits per heavy atom. The SMILES string of the molecule is COc1cc(CC(N)N(C(=O)O)C(C)(C)C)ccc1O. The number of methoxy groups -OCH3 is 1. The zero-order valence-corrected chi connectivity index (χ0v) is 12.3. The lowest BCUT2D eigenvalue weighted by Gasteiger charge is -2.37. The number of aromatic hydroxyl groups is 1. The summed E-state index contributed by atoms with van der Waals surface area (Å²) in [5.74, 6) is 0.378. The van der Waals surface area contributed by atoms with E-state index >= 15 is 0 Å². The van der Waals surface area contributed by atoms with Crippen molar-refractivity contribution in [3.8, 4) is 11.5 Å². The summed E-state index contributed by atoms with van der Waals surface area (Å²) in [7, 11) is 1.46. The first-order valence-corrected chi connectivity index (χ1v) is 6.30. The minimum atomic E-state index is -1.06. The van der Waals surface area contributed by atoms with Gasteiger partial charge in [0.05, 0.1) is 13.3 Å². The monoisotopic (exact) mass is 282 g/mol. The van der Waals surface area contributed by atoms with E-state index in [1.807, 2.05) is 0 Å². The van der Waals surface area contributed by atoms with Gasteiger partial charge in [-0.15, -0.1) is 0 Å². The summed E-state index contributed by atoms with van der Waals surface area (Å²) in [6.07, 6.45) is -1.40. The second kappa shape index (κ2) is 6.00. The molecule has 4 N–H and O–H groups in total. The number of rotatable bonds is 4. The molecule has 20 heavy (non-hydrogen) atoms. The number of hydrogen-bond donors (Lipinski definition) is 3. The largest absolute Gasteiger partial charge is 0.504 e. The van der Waals surface area contributed by atoms with Crippen LogP contribution in [-0.2, 0) is 6.42 Å². The molecule has 112 valence electrons. The van der Waals surface area contributed by atoms with Crippen molar-refractivity contribution in [2.45, 2.75) is 38.9 Å². The van der Waals surface area contributed by atoms with Gasteiger partial charge in [-0.3, -0.25) is 4.90 Å². The quantitative estimate of drug-likeness (QED) is 0.734. The van der Waals surface area contributed by atoms with Gasteiger partial charge in [-0.25, -0.2) is 4.79 Å². The number of ether oxygens (including phenoxy) is 1. The predicted molar refractivity (Wildman–Crippen MR) is 76.0 cm³/mol. The van der Waals surface area contributed by atoms with Crippen LogP contribution in [0.25, 0.3) is 0 Å². The van der Waals surface area contributed by atoms with E-state index in [9.17, 15) is 15.0 Å². The number of hydrogen-bond acceptors (Lipinski definition) is 4. The molecule has 0 heterocycles. The first-order valence-electron chi connectivity index (χ1n) is 6.30. The number of phenolic OH excluding ortho intramolecular Hbond substituents is 1. The van der Waals surface area contributed by atoms with E-state index in [0.717, 1.165) is 5.56 Å². The molecule has 0 radical (unpaired) electrons. The van der Waals surface area contributed by atoms with Gasteiger partial charge in [0.1, 0.15) is 0 Å². The third-order valence-corrected chi connectivity index (χ3v) is 2.95. The van der Waals surface area contributed by atoms with Gasteiger partial charge in [0, 0.05) is 12.0 Å². The summed E-state index contributed by atoms with van der Waals surface area (Å²) in [5.41, 5.74) is 6.21. The molecule has 0 spiro atoms. The molecule has 0 aliphatic carbocycles. The van der Waals surface area contributed by atoms with Crippen molar-refractivity contribution >= 4 is 6.09 Å². The fourth-order valence-corrected chi connectivity index (χ4v) is 2.11. The molecule has 0 aliphatic rings. The summed E-state index contributed by atoms with van der Waals surface area (Å²) in [4.78, 5) is 12.6. The topological polar surface area (TPSA) is 96.0 Å². The minimum absolute atomic E-state index is 0.0377. The lowest BCUT2D eigenvalue weighted by atomic mass is 10.0. The molecule has 1 aromatic carbocycles. The van der Waals surface area contributed by atoms with Gasteiger partial charge in [-0.1, -0.05) is 6.07 Å². The van der Waals surface area contributed by atoms with Gasteiger partial charge >= 0.3 is 6.09 Å². The minimum Gasteiger partial charge on any atom is -0.504 e. The van der Waals surface area contributed by atoms with Gasteiger partial charge in [-0.05, 0) is 38.5 Å². The van der Waals surface area contributed by atoms with Crippen LogP contribution in [0.15, 0.2) is 18.2 Å². The van der Waals surface area contributed by atoms with E-state index in [1.165, 1.54) is 18.1 Å². The van der Waals surface area contributed by atoms with Gasteiger partial charge < -0.3 is 20.7 Å². The average molecular weight is 282 g/mol. The van der Waals surface area contributed by atoms with Crippen molar-refractivity contribution in [2.24, 2.45) is 5.73 Å². The molecule has 6 heteroatoms. The molecule has 0 aromatic heterocycles. The van der Waals surface area contributed by atoms with E-state index in [4.69, 9.17) is 10.5 Å². The highest BCUT2D eigenvalue weighted by molar-refractivity contribution is 5.66. The first-order chi connectivity index (χ1) is 9.16. The molecular weight excluding hydrogens is 260 g/mol. The van der Waals surface area contributed by atoms with Gasteiger partial charge in [0.25, 0.3) is 0 Å². The zero-order chi connectivity index (χ0) is 15.5. The Morgan fingerprint density at radius 2 is 2.05 bits per heavy atom. The van der Waals surface area contributed by atoms with E-state index in [2.05, 4.69) is 0 Å². The number of phenols is 1. The number of carboxylic acid groups (broad SMARTS) is 1. The fraction of sp³-hybridized carbons (Fsp3) is 0.500. The molecule has 0 fully saturated rings. The first kappa shape index (κ1) is 16.1. The van der Waals surface area contributed by atoms with Crippen LogP contribution in [0.5, 0.6) is 11.5 Å². The molecule has 1 atom stereocenters. The second-order valence-electron chi connectivity index (χ2n) is 5.60. The smallest absolute Gasteiger partial charge is 0.408 e. The highest BCUT2D eigenvalue weighted by Crippen LogP contribution is 2.27. The second-order valence-corrected chi connectivity index (χ2v) is 5.60. The van der Waals surface area contributed by atoms with Crippen LogP contribution in [0.3, 0.4) is 0 Å². The summed E-state index contributed by atoms with van der Waals surface area (Å²) < 4.78 is 5.02. The van der Waals surface area contributed by atoms with Crippen LogP contribution in [-0.4, -0.2) is 40.0 Å². The van der Waals surface area contributed by atoms with Crippen molar-refractivity contribution in [1.29, 1.82) is 0 Å². The third-order valence-electron chi connectivity index (χ3n) is 2.95. The Hall–Kier alpha value is -1.95. The van der Waals surface area contributed by atoms with E-state index in [-0.39, 0.29) is 5.75 Å². The number of carbonyl (C=O) groups is 1. The molecule has 0 bridgehead atoms. The Balaban J connectivity index is 2.94. The normalized spacial score (nSPS) is 12.8.